The Balaban J connectivity index is 2.33. The fourth-order valence-corrected chi connectivity index (χ4v) is 1.77. The molecule has 0 fully saturated rings. The van der Waals surface area contributed by atoms with Crippen LogP contribution in [-0.4, -0.2) is 20.6 Å². The van der Waals surface area contributed by atoms with Gasteiger partial charge >= 0.3 is 5.97 Å². The van der Waals surface area contributed by atoms with Gasteiger partial charge in [0.2, 0.25) is 0 Å². The van der Waals surface area contributed by atoms with Crippen LogP contribution >= 0.6 is 0 Å². The van der Waals surface area contributed by atoms with Crippen LogP contribution in [0.3, 0.4) is 0 Å². The van der Waals surface area contributed by atoms with Crippen LogP contribution in [0.2, 0.25) is 0 Å². The summed E-state index contributed by atoms with van der Waals surface area (Å²) in [6.45, 7) is 1.96. The van der Waals surface area contributed by atoms with Crippen molar-refractivity contribution in [3.05, 3.63) is 29.6 Å². The van der Waals surface area contributed by atoms with E-state index in [1.54, 1.807) is 0 Å². The average Bonchev–Trinajstić information content (AvgIpc) is 2.52. The SMILES string of the molecule is Cc1nc2cc(CCC(=O)O)ccc2n1C. The minimum absolute atomic E-state index is 0.164. The molecule has 0 radical (unpaired) electrons. The Hall–Kier alpha value is -1.84. The maximum atomic E-state index is 10.5. The zero-order valence-electron chi connectivity index (χ0n) is 9.40. The van der Waals surface area contributed by atoms with Crippen LogP contribution in [0.4, 0.5) is 0 Å². The Labute approximate surface area is 93.5 Å². The monoisotopic (exact) mass is 218 g/mol. The highest BCUT2D eigenvalue weighted by atomic mass is 16.4. The van der Waals surface area contributed by atoms with Crippen molar-refractivity contribution in [1.29, 1.82) is 0 Å². The number of imidazole rings is 1. The Kier molecular flexibility index (Phi) is 2.64. The first-order valence-corrected chi connectivity index (χ1v) is 5.21. The number of carboxylic acid groups (broad SMARTS) is 1. The highest BCUT2D eigenvalue weighted by molar-refractivity contribution is 5.77. The van der Waals surface area contributed by atoms with Crippen LogP contribution in [0.25, 0.3) is 11.0 Å². The van der Waals surface area contributed by atoms with E-state index in [2.05, 4.69) is 4.98 Å². The van der Waals surface area contributed by atoms with Crippen molar-refractivity contribution in [2.24, 2.45) is 7.05 Å². The number of rotatable bonds is 3. The van der Waals surface area contributed by atoms with Gasteiger partial charge in [-0.1, -0.05) is 6.07 Å². The summed E-state index contributed by atoms with van der Waals surface area (Å²) in [7, 11) is 1.97. The fourth-order valence-electron chi connectivity index (χ4n) is 1.77. The summed E-state index contributed by atoms with van der Waals surface area (Å²) in [6.07, 6.45) is 0.720. The number of carboxylic acids is 1. The standard InChI is InChI=1S/C12H14N2O2/c1-8-13-10-7-9(4-6-12(15)16)3-5-11(10)14(8)2/h3,5,7H,4,6H2,1-2H3,(H,15,16). The lowest BCUT2D eigenvalue weighted by atomic mass is 10.1. The molecule has 0 saturated carbocycles. The lowest BCUT2D eigenvalue weighted by Crippen LogP contribution is -1.97. The van der Waals surface area contributed by atoms with E-state index in [4.69, 9.17) is 5.11 Å². The third-order valence-electron chi connectivity index (χ3n) is 2.80. The van der Waals surface area contributed by atoms with Crippen molar-refractivity contribution < 1.29 is 9.90 Å². The number of aliphatic carboxylic acids is 1. The maximum Gasteiger partial charge on any atom is 0.303 e. The molecule has 1 aromatic heterocycles. The second kappa shape index (κ2) is 3.96. The van der Waals surface area contributed by atoms with Crippen LogP contribution in [0, 0.1) is 6.92 Å². The molecule has 84 valence electrons. The quantitative estimate of drug-likeness (QED) is 0.856. The number of hydrogen-bond donors (Lipinski definition) is 1. The lowest BCUT2D eigenvalue weighted by Gasteiger charge is -1.99. The largest absolute Gasteiger partial charge is 0.481 e. The molecular weight excluding hydrogens is 204 g/mol. The van der Waals surface area contributed by atoms with E-state index < -0.39 is 5.97 Å². The van der Waals surface area contributed by atoms with Crippen LogP contribution in [0.15, 0.2) is 18.2 Å². The smallest absolute Gasteiger partial charge is 0.303 e. The number of aromatic nitrogens is 2. The van der Waals surface area contributed by atoms with Gasteiger partial charge in [-0.25, -0.2) is 4.98 Å². The highest BCUT2D eigenvalue weighted by Gasteiger charge is 2.05. The number of nitrogens with zero attached hydrogens (tertiary/aromatic N) is 2. The van der Waals surface area contributed by atoms with Gasteiger partial charge in [0, 0.05) is 13.5 Å². The molecule has 2 rings (SSSR count). The molecular formula is C12H14N2O2. The molecule has 4 nitrogen and oxygen atoms in total. The number of aryl methyl sites for hydroxylation is 3. The van der Waals surface area contributed by atoms with Crippen LogP contribution in [0.1, 0.15) is 17.8 Å². The predicted molar refractivity (Wildman–Crippen MR) is 61.4 cm³/mol. The Bertz CT molecular complexity index is 543. The summed E-state index contributed by atoms with van der Waals surface area (Å²) in [4.78, 5) is 14.9. The summed E-state index contributed by atoms with van der Waals surface area (Å²) < 4.78 is 2.02. The zero-order valence-corrected chi connectivity index (χ0v) is 9.40. The van der Waals surface area contributed by atoms with E-state index in [-0.39, 0.29) is 6.42 Å². The molecule has 1 aromatic carbocycles. The Morgan fingerprint density at radius 3 is 2.94 bits per heavy atom. The molecule has 0 unspecified atom stereocenters. The van der Waals surface area contributed by atoms with E-state index in [0.29, 0.717) is 6.42 Å². The molecule has 0 atom stereocenters. The van der Waals surface area contributed by atoms with Gasteiger partial charge < -0.3 is 9.67 Å². The normalized spacial score (nSPS) is 10.9. The van der Waals surface area contributed by atoms with Crippen molar-refractivity contribution in [3.8, 4) is 0 Å². The van der Waals surface area contributed by atoms with Crippen molar-refractivity contribution in [1.82, 2.24) is 9.55 Å². The summed E-state index contributed by atoms with van der Waals surface area (Å²) in [5.41, 5.74) is 3.03. The molecule has 1 heterocycles. The molecule has 4 heteroatoms. The number of hydrogen-bond acceptors (Lipinski definition) is 2. The Morgan fingerprint density at radius 2 is 2.25 bits per heavy atom. The van der Waals surface area contributed by atoms with Gasteiger partial charge in [-0.3, -0.25) is 4.79 Å². The molecule has 0 amide bonds. The van der Waals surface area contributed by atoms with Gasteiger partial charge in [-0.15, -0.1) is 0 Å². The third-order valence-corrected chi connectivity index (χ3v) is 2.80. The molecule has 2 aromatic rings. The van der Waals surface area contributed by atoms with Crippen LogP contribution in [-0.2, 0) is 18.3 Å². The van der Waals surface area contributed by atoms with Crippen molar-refractivity contribution in [2.45, 2.75) is 19.8 Å². The number of benzene rings is 1. The fraction of sp³-hybridized carbons (Fsp3) is 0.333. The van der Waals surface area contributed by atoms with Crippen LogP contribution in [0.5, 0.6) is 0 Å². The second-order valence-corrected chi connectivity index (χ2v) is 3.93. The predicted octanol–water partition coefficient (Wildman–Crippen LogP) is 1.90. The van der Waals surface area contributed by atoms with Crippen molar-refractivity contribution >= 4 is 17.0 Å². The molecule has 0 saturated heterocycles. The van der Waals surface area contributed by atoms with E-state index in [9.17, 15) is 4.79 Å². The number of fused-ring (bicyclic) bond motifs is 1. The topological polar surface area (TPSA) is 55.1 Å². The van der Waals surface area contributed by atoms with Gasteiger partial charge in [0.25, 0.3) is 0 Å². The van der Waals surface area contributed by atoms with E-state index >= 15 is 0 Å². The van der Waals surface area contributed by atoms with Gasteiger partial charge in [0.1, 0.15) is 5.82 Å². The summed E-state index contributed by atoms with van der Waals surface area (Å²) in [5.74, 6) is 0.197. The molecule has 1 N–H and O–H groups in total. The first kappa shape index (κ1) is 10.7. The lowest BCUT2D eigenvalue weighted by molar-refractivity contribution is -0.136. The summed E-state index contributed by atoms with van der Waals surface area (Å²) >= 11 is 0. The third kappa shape index (κ3) is 1.91. The number of carbonyl (C=O) groups is 1. The Morgan fingerprint density at radius 1 is 1.50 bits per heavy atom. The maximum absolute atomic E-state index is 10.5. The second-order valence-electron chi connectivity index (χ2n) is 3.93. The van der Waals surface area contributed by atoms with E-state index in [1.165, 1.54) is 0 Å². The van der Waals surface area contributed by atoms with Crippen LogP contribution < -0.4 is 0 Å². The zero-order chi connectivity index (χ0) is 11.7. The minimum atomic E-state index is -0.766. The van der Waals surface area contributed by atoms with Crippen molar-refractivity contribution in [2.75, 3.05) is 0 Å². The summed E-state index contributed by atoms with van der Waals surface area (Å²) in [6, 6.07) is 5.92. The van der Waals surface area contributed by atoms with Gasteiger partial charge in [0.15, 0.2) is 0 Å². The van der Waals surface area contributed by atoms with E-state index in [1.807, 2.05) is 36.7 Å². The molecule has 0 spiro atoms. The van der Waals surface area contributed by atoms with Gasteiger partial charge in [-0.05, 0) is 31.0 Å². The van der Waals surface area contributed by atoms with E-state index in [0.717, 1.165) is 22.4 Å². The minimum Gasteiger partial charge on any atom is -0.481 e. The van der Waals surface area contributed by atoms with Gasteiger partial charge in [0.05, 0.1) is 11.0 Å². The molecule has 0 aliphatic carbocycles. The highest BCUT2D eigenvalue weighted by Crippen LogP contribution is 2.17. The first-order valence-electron chi connectivity index (χ1n) is 5.21. The summed E-state index contributed by atoms with van der Waals surface area (Å²) in [5, 5.41) is 8.62. The first-order chi connectivity index (χ1) is 7.58. The van der Waals surface area contributed by atoms with Crippen molar-refractivity contribution in [3.63, 3.8) is 0 Å². The molecule has 0 aliphatic heterocycles. The molecule has 0 bridgehead atoms. The van der Waals surface area contributed by atoms with Gasteiger partial charge in [-0.2, -0.15) is 0 Å². The molecule has 0 aliphatic rings. The molecule has 16 heavy (non-hydrogen) atoms. The average molecular weight is 218 g/mol.